The molecule has 1 heteroatoms. The summed E-state index contributed by atoms with van der Waals surface area (Å²) in [6.45, 7) is 2.32. The molecule has 1 rings (SSSR count). The average molecular weight is 294 g/mol. The Labute approximate surface area is 97.0 Å². The van der Waals surface area contributed by atoms with Gasteiger partial charge < -0.3 is 0 Å². The molecule has 78 valence electrons. The van der Waals surface area contributed by atoms with Crippen molar-refractivity contribution >= 4 is 22.6 Å². The molecule has 1 aliphatic carbocycles. The van der Waals surface area contributed by atoms with Crippen molar-refractivity contribution in [2.45, 2.75) is 68.6 Å². The Bertz CT molecular complexity index is 114. The predicted molar refractivity (Wildman–Crippen MR) is 68.5 cm³/mol. The summed E-state index contributed by atoms with van der Waals surface area (Å²) in [4.78, 5) is 0. The summed E-state index contributed by atoms with van der Waals surface area (Å²) in [5.41, 5.74) is 0. The van der Waals surface area contributed by atoms with Crippen LogP contribution in [0.25, 0.3) is 0 Å². The zero-order valence-corrected chi connectivity index (χ0v) is 11.1. The van der Waals surface area contributed by atoms with Crippen LogP contribution in [-0.2, 0) is 0 Å². The highest BCUT2D eigenvalue weighted by atomic mass is 127. The first-order chi connectivity index (χ1) is 6.29. The summed E-state index contributed by atoms with van der Waals surface area (Å²) in [6, 6.07) is 0. The van der Waals surface area contributed by atoms with Crippen molar-refractivity contribution in [1.82, 2.24) is 0 Å². The number of unbranched alkanes of at least 4 members (excludes halogenated alkanes) is 1. The van der Waals surface area contributed by atoms with Gasteiger partial charge in [0.25, 0.3) is 0 Å². The quantitative estimate of drug-likeness (QED) is 0.382. The van der Waals surface area contributed by atoms with Crippen LogP contribution in [-0.4, -0.2) is 3.92 Å². The Morgan fingerprint density at radius 1 is 1.15 bits per heavy atom. The maximum Gasteiger partial charge on any atom is 0.00813 e. The zero-order chi connectivity index (χ0) is 9.52. The molecule has 1 unspecified atom stereocenters. The number of hydrogen-bond donors (Lipinski definition) is 0. The third-order valence-electron chi connectivity index (χ3n) is 3.19. The molecular weight excluding hydrogens is 271 g/mol. The van der Waals surface area contributed by atoms with Crippen molar-refractivity contribution in [3.63, 3.8) is 0 Å². The SMILES string of the molecule is CC(I)CCCCC1CCCCC1. The van der Waals surface area contributed by atoms with Crippen LogP contribution in [0.2, 0.25) is 0 Å². The molecule has 0 aliphatic heterocycles. The van der Waals surface area contributed by atoms with Crippen LogP contribution >= 0.6 is 22.6 Å². The molecular formula is C12H23I. The molecule has 13 heavy (non-hydrogen) atoms. The first-order valence-corrected chi connectivity index (χ1v) is 7.17. The summed E-state index contributed by atoms with van der Waals surface area (Å²) in [7, 11) is 0. The monoisotopic (exact) mass is 294 g/mol. The van der Waals surface area contributed by atoms with Crippen LogP contribution < -0.4 is 0 Å². The van der Waals surface area contributed by atoms with Crippen molar-refractivity contribution < 1.29 is 0 Å². The highest BCUT2D eigenvalue weighted by Gasteiger charge is 2.12. The molecule has 0 aromatic rings. The molecule has 0 saturated heterocycles. The molecule has 1 atom stereocenters. The van der Waals surface area contributed by atoms with Crippen LogP contribution in [0.4, 0.5) is 0 Å². The van der Waals surface area contributed by atoms with Gasteiger partial charge >= 0.3 is 0 Å². The van der Waals surface area contributed by atoms with Crippen molar-refractivity contribution in [3.05, 3.63) is 0 Å². The predicted octanol–water partition coefficient (Wildman–Crippen LogP) is 4.95. The zero-order valence-electron chi connectivity index (χ0n) is 8.90. The van der Waals surface area contributed by atoms with E-state index in [4.69, 9.17) is 0 Å². The molecule has 0 nitrogen and oxygen atoms in total. The van der Waals surface area contributed by atoms with Crippen LogP contribution in [0.5, 0.6) is 0 Å². The first-order valence-electron chi connectivity index (χ1n) is 5.93. The fraction of sp³-hybridized carbons (Fsp3) is 1.00. The van der Waals surface area contributed by atoms with Gasteiger partial charge in [-0.1, -0.05) is 80.9 Å². The van der Waals surface area contributed by atoms with Gasteiger partial charge in [-0.05, 0) is 12.3 Å². The van der Waals surface area contributed by atoms with E-state index < -0.39 is 0 Å². The molecule has 0 spiro atoms. The van der Waals surface area contributed by atoms with Gasteiger partial charge in [0.1, 0.15) is 0 Å². The van der Waals surface area contributed by atoms with E-state index in [1.807, 2.05) is 0 Å². The van der Waals surface area contributed by atoms with Crippen molar-refractivity contribution in [2.75, 3.05) is 0 Å². The van der Waals surface area contributed by atoms with Crippen LogP contribution in [0, 0.1) is 5.92 Å². The fourth-order valence-electron chi connectivity index (χ4n) is 2.33. The van der Waals surface area contributed by atoms with E-state index in [9.17, 15) is 0 Å². The van der Waals surface area contributed by atoms with E-state index in [2.05, 4.69) is 29.5 Å². The summed E-state index contributed by atoms with van der Waals surface area (Å²) in [5.74, 6) is 1.10. The molecule has 1 aliphatic rings. The van der Waals surface area contributed by atoms with E-state index in [-0.39, 0.29) is 0 Å². The van der Waals surface area contributed by atoms with Gasteiger partial charge in [0.2, 0.25) is 0 Å². The smallest absolute Gasteiger partial charge is 0.00813 e. The van der Waals surface area contributed by atoms with Gasteiger partial charge in [-0.3, -0.25) is 0 Å². The van der Waals surface area contributed by atoms with Gasteiger partial charge in [0, 0.05) is 3.92 Å². The minimum absolute atomic E-state index is 0.879. The highest BCUT2D eigenvalue weighted by Crippen LogP contribution is 2.28. The number of hydrogen-bond acceptors (Lipinski definition) is 0. The Balaban J connectivity index is 1.92. The van der Waals surface area contributed by atoms with Gasteiger partial charge in [0.15, 0.2) is 0 Å². The largest absolute Gasteiger partial charge is 0.0829 e. The van der Waals surface area contributed by atoms with E-state index in [0.717, 1.165) is 9.84 Å². The Morgan fingerprint density at radius 3 is 2.46 bits per heavy atom. The van der Waals surface area contributed by atoms with E-state index in [1.54, 1.807) is 0 Å². The topological polar surface area (TPSA) is 0 Å². The molecule has 0 amide bonds. The second kappa shape index (κ2) is 7.08. The van der Waals surface area contributed by atoms with Crippen molar-refractivity contribution in [2.24, 2.45) is 5.92 Å². The lowest BCUT2D eigenvalue weighted by Crippen LogP contribution is -2.06. The minimum atomic E-state index is 0.879. The molecule has 0 radical (unpaired) electrons. The molecule has 1 saturated carbocycles. The van der Waals surface area contributed by atoms with Gasteiger partial charge in [-0.2, -0.15) is 0 Å². The first kappa shape index (κ1) is 11.8. The second-order valence-corrected chi connectivity index (χ2v) is 6.70. The molecule has 0 bridgehead atoms. The van der Waals surface area contributed by atoms with Gasteiger partial charge in [-0.15, -0.1) is 0 Å². The molecule has 1 fully saturated rings. The van der Waals surface area contributed by atoms with Crippen LogP contribution in [0.15, 0.2) is 0 Å². The lowest BCUT2D eigenvalue weighted by molar-refractivity contribution is 0.329. The van der Waals surface area contributed by atoms with Crippen molar-refractivity contribution in [3.8, 4) is 0 Å². The van der Waals surface area contributed by atoms with Gasteiger partial charge in [-0.25, -0.2) is 0 Å². The molecule has 0 aromatic carbocycles. The lowest BCUT2D eigenvalue weighted by Gasteiger charge is -2.21. The Hall–Kier alpha value is 0.730. The van der Waals surface area contributed by atoms with E-state index in [0.29, 0.717) is 0 Å². The fourth-order valence-corrected chi connectivity index (χ4v) is 2.77. The molecule has 0 heterocycles. The summed E-state index contributed by atoms with van der Waals surface area (Å²) in [6.07, 6.45) is 13.5. The molecule has 0 N–H and O–H groups in total. The van der Waals surface area contributed by atoms with Gasteiger partial charge in [0.05, 0.1) is 0 Å². The summed E-state index contributed by atoms with van der Waals surface area (Å²) >= 11 is 2.54. The number of alkyl halides is 1. The minimum Gasteiger partial charge on any atom is -0.0829 e. The number of halogens is 1. The summed E-state index contributed by atoms with van der Waals surface area (Å²) in [5, 5.41) is 0. The third-order valence-corrected chi connectivity index (χ3v) is 3.81. The standard InChI is InChI=1S/C12H23I/c1-11(13)7-5-6-10-12-8-3-2-4-9-12/h11-12H,2-10H2,1H3. The van der Waals surface area contributed by atoms with Crippen LogP contribution in [0.3, 0.4) is 0 Å². The maximum absolute atomic E-state index is 2.54. The highest BCUT2D eigenvalue weighted by molar-refractivity contribution is 14.1. The Kier molecular flexibility index (Phi) is 6.43. The average Bonchev–Trinajstić information content (AvgIpc) is 2.14. The number of rotatable bonds is 5. The van der Waals surface area contributed by atoms with Crippen LogP contribution in [0.1, 0.15) is 64.7 Å². The van der Waals surface area contributed by atoms with E-state index >= 15 is 0 Å². The van der Waals surface area contributed by atoms with Crippen molar-refractivity contribution in [1.29, 1.82) is 0 Å². The molecule has 0 aromatic heterocycles. The Morgan fingerprint density at radius 2 is 1.85 bits per heavy atom. The third kappa shape index (κ3) is 5.92. The second-order valence-electron chi connectivity index (χ2n) is 4.57. The lowest BCUT2D eigenvalue weighted by atomic mass is 9.85. The normalized spacial score (nSPS) is 21.7. The van der Waals surface area contributed by atoms with E-state index in [1.165, 1.54) is 57.8 Å². The maximum atomic E-state index is 2.54. The summed E-state index contributed by atoms with van der Waals surface area (Å²) < 4.78 is 0.879.